The van der Waals surface area contributed by atoms with E-state index in [1.807, 2.05) is 6.07 Å². The van der Waals surface area contributed by atoms with E-state index in [2.05, 4.69) is 20.4 Å². The molecule has 2 aromatic heterocycles. The van der Waals surface area contributed by atoms with Gasteiger partial charge < -0.3 is 19.5 Å². The van der Waals surface area contributed by atoms with Gasteiger partial charge >= 0.3 is 0 Å². The first-order chi connectivity index (χ1) is 16.5. The molecule has 0 spiro atoms. The van der Waals surface area contributed by atoms with Gasteiger partial charge in [0, 0.05) is 55.5 Å². The standard InChI is InChI=1S/C24H26FN5O4/c1-33-20-7-6-17(14-19(20)25)24(32)30-12-3-5-16(8-11-27-21(31)9-13-30)23-28-22(29-34-23)18-4-2-10-26-15-18/h2,4,6-7,10,14-16H,3,5,8-9,11-13H2,1H3,(H,27,31). The number of amides is 2. The van der Waals surface area contributed by atoms with E-state index in [1.54, 1.807) is 23.4 Å². The molecule has 9 nitrogen and oxygen atoms in total. The number of nitrogens with one attached hydrogen (secondary N) is 1. The maximum absolute atomic E-state index is 14.1. The van der Waals surface area contributed by atoms with Crippen LogP contribution in [0.2, 0.25) is 0 Å². The number of carbonyl (C=O) groups excluding carboxylic acids is 2. The second kappa shape index (κ2) is 10.9. The van der Waals surface area contributed by atoms with Crippen LogP contribution in [0.3, 0.4) is 0 Å². The van der Waals surface area contributed by atoms with E-state index in [0.717, 1.165) is 11.6 Å². The predicted octanol–water partition coefficient (Wildman–Crippen LogP) is 3.20. The van der Waals surface area contributed by atoms with Gasteiger partial charge in [-0.15, -0.1) is 0 Å². The summed E-state index contributed by atoms with van der Waals surface area (Å²) in [6, 6.07) is 7.76. The van der Waals surface area contributed by atoms with Gasteiger partial charge in [0.05, 0.1) is 7.11 Å². The summed E-state index contributed by atoms with van der Waals surface area (Å²) in [5, 5.41) is 6.96. The Bertz CT molecular complexity index is 1140. The van der Waals surface area contributed by atoms with Crippen LogP contribution < -0.4 is 10.1 Å². The lowest BCUT2D eigenvalue weighted by Gasteiger charge is -2.23. The topological polar surface area (TPSA) is 110 Å². The fourth-order valence-electron chi connectivity index (χ4n) is 3.94. The quantitative estimate of drug-likeness (QED) is 0.627. The molecular formula is C24H26FN5O4. The SMILES string of the molecule is COc1ccc(C(=O)N2CCCC(c3nc(-c4cccnc4)no3)CCNC(=O)CC2)cc1F. The Morgan fingerprint density at radius 1 is 1.26 bits per heavy atom. The fourth-order valence-corrected chi connectivity index (χ4v) is 3.94. The number of carbonyl (C=O) groups is 2. The highest BCUT2D eigenvalue weighted by Crippen LogP contribution is 2.26. The van der Waals surface area contributed by atoms with Crippen LogP contribution in [-0.4, -0.2) is 58.6 Å². The van der Waals surface area contributed by atoms with Crippen LogP contribution in [0.15, 0.2) is 47.2 Å². The molecule has 1 aliphatic rings. The van der Waals surface area contributed by atoms with Crippen LogP contribution in [0.5, 0.6) is 5.75 Å². The van der Waals surface area contributed by atoms with Crippen molar-refractivity contribution in [2.75, 3.05) is 26.7 Å². The van der Waals surface area contributed by atoms with E-state index in [1.165, 1.54) is 19.2 Å². The average Bonchev–Trinajstić information content (AvgIpc) is 3.33. The third-order valence-electron chi connectivity index (χ3n) is 5.80. The molecule has 1 unspecified atom stereocenters. The zero-order valence-electron chi connectivity index (χ0n) is 18.9. The number of ether oxygens (including phenoxy) is 1. The molecule has 0 bridgehead atoms. The minimum atomic E-state index is -0.607. The van der Waals surface area contributed by atoms with Crippen molar-refractivity contribution in [1.29, 1.82) is 0 Å². The molecule has 4 rings (SSSR count). The zero-order chi connectivity index (χ0) is 23.9. The third-order valence-corrected chi connectivity index (χ3v) is 5.80. The van der Waals surface area contributed by atoms with Crippen molar-refractivity contribution in [3.05, 3.63) is 60.0 Å². The summed E-state index contributed by atoms with van der Waals surface area (Å²) in [4.78, 5) is 35.6. The van der Waals surface area contributed by atoms with Gasteiger partial charge in [-0.25, -0.2) is 4.39 Å². The van der Waals surface area contributed by atoms with E-state index < -0.39 is 5.82 Å². The maximum Gasteiger partial charge on any atom is 0.253 e. The van der Waals surface area contributed by atoms with Crippen molar-refractivity contribution in [1.82, 2.24) is 25.3 Å². The number of methoxy groups -OCH3 is 1. The van der Waals surface area contributed by atoms with E-state index in [0.29, 0.717) is 44.1 Å². The van der Waals surface area contributed by atoms with Crippen LogP contribution in [0.1, 0.15) is 47.8 Å². The molecule has 0 radical (unpaired) electrons. The van der Waals surface area contributed by atoms with Gasteiger partial charge in [0.25, 0.3) is 5.91 Å². The number of halogens is 1. The Morgan fingerprint density at radius 2 is 2.15 bits per heavy atom. The highest BCUT2D eigenvalue weighted by Gasteiger charge is 2.24. The highest BCUT2D eigenvalue weighted by molar-refractivity contribution is 5.94. The lowest BCUT2D eigenvalue weighted by molar-refractivity contribution is -0.121. The molecule has 34 heavy (non-hydrogen) atoms. The molecule has 3 heterocycles. The summed E-state index contributed by atoms with van der Waals surface area (Å²) < 4.78 is 24.6. The summed E-state index contributed by atoms with van der Waals surface area (Å²) in [5.74, 6) is -0.150. The summed E-state index contributed by atoms with van der Waals surface area (Å²) in [6.07, 6.45) is 5.49. The molecule has 0 aliphatic carbocycles. The van der Waals surface area contributed by atoms with Crippen LogP contribution in [0.4, 0.5) is 4.39 Å². The monoisotopic (exact) mass is 467 g/mol. The summed E-state index contributed by atoms with van der Waals surface area (Å²) in [7, 11) is 1.37. The van der Waals surface area contributed by atoms with Crippen molar-refractivity contribution in [3.8, 4) is 17.1 Å². The lowest BCUT2D eigenvalue weighted by Crippen LogP contribution is -2.35. The van der Waals surface area contributed by atoms with E-state index >= 15 is 0 Å². The summed E-state index contributed by atoms with van der Waals surface area (Å²) >= 11 is 0. The van der Waals surface area contributed by atoms with Crippen molar-refractivity contribution in [2.45, 2.75) is 31.6 Å². The lowest BCUT2D eigenvalue weighted by atomic mass is 9.99. The number of hydrogen-bond acceptors (Lipinski definition) is 7. The number of aromatic nitrogens is 3. The minimum Gasteiger partial charge on any atom is -0.494 e. The zero-order valence-corrected chi connectivity index (χ0v) is 18.9. The number of hydrogen-bond donors (Lipinski definition) is 1. The van der Waals surface area contributed by atoms with Gasteiger partial charge in [-0.1, -0.05) is 5.16 Å². The van der Waals surface area contributed by atoms with Gasteiger partial charge in [0.2, 0.25) is 17.6 Å². The summed E-state index contributed by atoms with van der Waals surface area (Å²) in [6.45, 7) is 1.13. The number of benzene rings is 1. The van der Waals surface area contributed by atoms with E-state index in [4.69, 9.17) is 9.26 Å². The Labute approximate surface area is 196 Å². The smallest absolute Gasteiger partial charge is 0.253 e. The van der Waals surface area contributed by atoms with Gasteiger partial charge in [-0.3, -0.25) is 14.6 Å². The Kier molecular flexibility index (Phi) is 7.46. The molecule has 178 valence electrons. The highest BCUT2D eigenvalue weighted by atomic mass is 19.1. The molecule has 0 saturated carbocycles. The fraction of sp³-hybridized carbons (Fsp3) is 0.375. The Morgan fingerprint density at radius 3 is 2.91 bits per heavy atom. The van der Waals surface area contributed by atoms with Crippen molar-refractivity contribution >= 4 is 11.8 Å². The van der Waals surface area contributed by atoms with Gasteiger partial charge in [0.1, 0.15) is 0 Å². The average molecular weight is 468 g/mol. The predicted molar refractivity (Wildman–Crippen MR) is 121 cm³/mol. The van der Waals surface area contributed by atoms with Gasteiger partial charge in [-0.05, 0) is 49.6 Å². The molecule has 3 aromatic rings. The maximum atomic E-state index is 14.1. The molecule has 1 atom stereocenters. The number of rotatable bonds is 4. The minimum absolute atomic E-state index is 0.0708. The molecule has 1 N–H and O–H groups in total. The Hall–Kier alpha value is -3.82. The van der Waals surface area contributed by atoms with Crippen molar-refractivity contribution in [2.24, 2.45) is 0 Å². The molecule has 1 fully saturated rings. The van der Waals surface area contributed by atoms with Gasteiger partial charge in [-0.2, -0.15) is 4.98 Å². The van der Waals surface area contributed by atoms with Crippen LogP contribution >= 0.6 is 0 Å². The number of nitrogens with zero attached hydrogens (tertiary/aromatic N) is 4. The molecular weight excluding hydrogens is 441 g/mol. The third kappa shape index (κ3) is 5.56. The molecule has 1 aliphatic heterocycles. The molecule has 1 saturated heterocycles. The largest absolute Gasteiger partial charge is 0.494 e. The van der Waals surface area contributed by atoms with Crippen molar-refractivity contribution < 1.29 is 23.2 Å². The molecule has 10 heteroatoms. The number of pyridine rings is 1. The molecule has 2 amide bonds. The van der Waals surface area contributed by atoms with E-state index in [-0.39, 0.29) is 42.0 Å². The second-order valence-electron chi connectivity index (χ2n) is 8.07. The normalized spacial score (nSPS) is 17.5. The first-order valence-corrected chi connectivity index (χ1v) is 11.2. The van der Waals surface area contributed by atoms with Crippen molar-refractivity contribution in [3.63, 3.8) is 0 Å². The molecule has 1 aromatic carbocycles. The van der Waals surface area contributed by atoms with E-state index in [9.17, 15) is 14.0 Å². The van der Waals surface area contributed by atoms with Crippen LogP contribution in [0.25, 0.3) is 11.4 Å². The first kappa shape index (κ1) is 23.3. The Balaban J connectivity index is 1.48. The second-order valence-corrected chi connectivity index (χ2v) is 8.07. The van der Waals surface area contributed by atoms with Crippen LogP contribution in [0, 0.1) is 5.82 Å². The first-order valence-electron chi connectivity index (χ1n) is 11.2. The summed E-state index contributed by atoms with van der Waals surface area (Å²) in [5.41, 5.74) is 0.967. The van der Waals surface area contributed by atoms with Crippen LogP contribution in [-0.2, 0) is 4.79 Å². The van der Waals surface area contributed by atoms with Gasteiger partial charge in [0.15, 0.2) is 11.6 Å².